The molecule has 0 saturated carbocycles. The van der Waals surface area contributed by atoms with Crippen molar-refractivity contribution in [3.63, 3.8) is 0 Å². The zero-order valence-electron chi connectivity index (χ0n) is 15.7. The van der Waals surface area contributed by atoms with E-state index in [1.54, 1.807) is 25.6 Å². The Labute approximate surface area is 168 Å². The molecular formula is C19H17N5O4S. The Kier molecular flexibility index (Phi) is 4.02. The van der Waals surface area contributed by atoms with Crippen molar-refractivity contribution in [2.24, 2.45) is 0 Å². The maximum absolute atomic E-state index is 12.2. The van der Waals surface area contributed by atoms with Crippen molar-refractivity contribution in [1.29, 1.82) is 0 Å². The molecule has 2 aliphatic heterocycles. The van der Waals surface area contributed by atoms with E-state index < -0.39 is 16.9 Å². The minimum Gasteiger partial charge on any atom is -0.497 e. The molecule has 1 atom stereocenters. The van der Waals surface area contributed by atoms with Gasteiger partial charge in [0.1, 0.15) is 12.4 Å². The molecule has 2 aliphatic rings. The molecule has 0 saturated heterocycles. The van der Waals surface area contributed by atoms with E-state index in [9.17, 15) is 9.00 Å². The molecule has 1 aromatic carbocycles. The molecule has 29 heavy (non-hydrogen) atoms. The highest BCUT2D eigenvalue weighted by atomic mass is 32.2. The molecule has 10 heteroatoms. The van der Waals surface area contributed by atoms with Gasteiger partial charge >= 0.3 is 0 Å². The van der Waals surface area contributed by atoms with Crippen LogP contribution in [0.15, 0.2) is 36.7 Å². The molecule has 0 spiro atoms. The van der Waals surface area contributed by atoms with Gasteiger partial charge in [0.15, 0.2) is 27.6 Å². The first-order chi connectivity index (χ1) is 14.0. The summed E-state index contributed by atoms with van der Waals surface area (Å²) in [7, 11) is 1.90. The Morgan fingerprint density at radius 3 is 2.90 bits per heavy atom. The number of nitrogens with zero attached hydrogens (tertiary/aromatic N) is 4. The van der Waals surface area contributed by atoms with E-state index in [4.69, 9.17) is 9.47 Å². The van der Waals surface area contributed by atoms with Gasteiger partial charge in [0.05, 0.1) is 25.4 Å². The largest absolute Gasteiger partial charge is 0.497 e. The number of fused-ring (bicyclic) bond motifs is 2. The lowest BCUT2D eigenvalue weighted by Gasteiger charge is -2.26. The summed E-state index contributed by atoms with van der Waals surface area (Å²) in [5.41, 5.74) is 2.37. The second-order valence-corrected chi connectivity index (χ2v) is 7.86. The van der Waals surface area contributed by atoms with E-state index in [1.165, 1.54) is 10.8 Å². The van der Waals surface area contributed by atoms with Crippen molar-refractivity contribution in [3.8, 4) is 22.6 Å². The van der Waals surface area contributed by atoms with E-state index >= 15 is 0 Å². The van der Waals surface area contributed by atoms with Crippen LogP contribution < -0.4 is 19.1 Å². The summed E-state index contributed by atoms with van der Waals surface area (Å²) in [5, 5.41) is 5.46. The van der Waals surface area contributed by atoms with Gasteiger partial charge in [0.2, 0.25) is 0 Å². The van der Waals surface area contributed by atoms with Gasteiger partial charge in [-0.2, -0.15) is 5.10 Å². The molecule has 9 nitrogen and oxygen atoms in total. The number of likely N-dealkylation sites (N-methyl/N-ethyl adjacent to an activating group) is 1. The van der Waals surface area contributed by atoms with Gasteiger partial charge in [-0.05, 0) is 17.7 Å². The zero-order chi connectivity index (χ0) is 20.1. The van der Waals surface area contributed by atoms with Crippen molar-refractivity contribution >= 4 is 38.6 Å². The van der Waals surface area contributed by atoms with E-state index in [1.807, 2.05) is 24.1 Å². The van der Waals surface area contributed by atoms with Crippen LogP contribution in [0.5, 0.6) is 11.5 Å². The van der Waals surface area contributed by atoms with Crippen LogP contribution in [0, 0.1) is 0 Å². The first-order valence-corrected chi connectivity index (χ1v) is 10.0. The van der Waals surface area contributed by atoms with Crippen molar-refractivity contribution < 1.29 is 18.5 Å². The molecule has 148 valence electrons. The highest BCUT2D eigenvalue weighted by Crippen LogP contribution is 2.38. The third kappa shape index (κ3) is 2.83. The fourth-order valence-corrected chi connectivity index (χ4v) is 4.35. The molecular weight excluding hydrogens is 394 g/mol. The molecule has 0 bridgehead atoms. The molecule has 1 N–H and O–H groups in total. The minimum atomic E-state index is -1.66. The number of methoxy groups -OCH3 is 1. The fourth-order valence-electron chi connectivity index (χ4n) is 3.49. The second kappa shape index (κ2) is 6.59. The van der Waals surface area contributed by atoms with Crippen LogP contribution >= 0.6 is 0 Å². The van der Waals surface area contributed by atoms with Crippen LogP contribution in [0.1, 0.15) is 0 Å². The van der Waals surface area contributed by atoms with Gasteiger partial charge in [-0.25, -0.2) is 13.9 Å². The van der Waals surface area contributed by atoms with Crippen LogP contribution in [0.4, 0.5) is 5.82 Å². The van der Waals surface area contributed by atoms with Crippen molar-refractivity contribution in [3.05, 3.63) is 36.7 Å². The number of ether oxygens (including phenoxy) is 2. The Morgan fingerprint density at radius 2 is 2.14 bits per heavy atom. The highest BCUT2D eigenvalue weighted by molar-refractivity contribution is 7.93. The van der Waals surface area contributed by atoms with Crippen LogP contribution in [-0.4, -0.2) is 52.2 Å². The molecule has 5 rings (SSSR count). The number of carbonyl (C=O) groups is 1. The second-order valence-electron chi connectivity index (χ2n) is 6.70. The summed E-state index contributed by atoms with van der Waals surface area (Å²) >= 11 is 0. The molecule has 1 unspecified atom stereocenters. The normalized spacial score (nSPS) is 18.3. The Hall–Kier alpha value is -3.40. The number of carbonyl (C=O) groups excluding carboxylic acids is 1. The molecule has 0 radical (unpaired) electrons. The maximum Gasteiger partial charge on any atom is 0.258 e. The average molecular weight is 411 g/mol. The number of amides is 1. The lowest BCUT2D eigenvalue weighted by atomic mass is 10.0. The number of pyridine rings is 1. The number of hydrogen-bond donors (Lipinski definition) is 1. The SMILES string of the molecule is COc1cc(-c2cnc3c(c2)OCCN3C)c2cnn(C3=CC(=O)NS3=O)c2c1. The van der Waals surface area contributed by atoms with Crippen molar-refractivity contribution in [2.75, 3.05) is 32.2 Å². The zero-order valence-corrected chi connectivity index (χ0v) is 16.5. The summed E-state index contributed by atoms with van der Waals surface area (Å²) < 4.78 is 27.3. The van der Waals surface area contributed by atoms with E-state index in [0.717, 1.165) is 28.9 Å². The molecule has 4 heterocycles. The summed E-state index contributed by atoms with van der Waals surface area (Å²) in [5.74, 6) is 1.71. The molecule has 1 amide bonds. The highest BCUT2D eigenvalue weighted by Gasteiger charge is 2.25. The first-order valence-electron chi connectivity index (χ1n) is 8.90. The monoisotopic (exact) mass is 411 g/mol. The lowest BCUT2D eigenvalue weighted by Crippen LogP contribution is -2.29. The Balaban J connectivity index is 1.70. The predicted octanol–water partition coefficient (Wildman–Crippen LogP) is 1.53. The number of rotatable bonds is 3. The molecule has 0 fully saturated rings. The average Bonchev–Trinajstić information content (AvgIpc) is 3.29. The van der Waals surface area contributed by atoms with Crippen LogP contribution in [0.25, 0.3) is 27.1 Å². The summed E-state index contributed by atoms with van der Waals surface area (Å²) in [6.07, 6.45) is 4.75. The van der Waals surface area contributed by atoms with Gasteiger partial charge in [0.25, 0.3) is 5.91 Å². The van der Waals surface area contributed by atoms with Gasteiger partial charge in [-0.3, -0.25) is 9.52 Å². The molecule has 3 aromatic rings. The summed E-state index contributed by atoms with van der Waals surface area (Å²) in [4.78, 5) is 18.2. The Bertz CT molecular complexity index is 1220. The number of nitrogens with one attached hydrogen (secondary N) is 1. The number of hydrogen-bond acceptors (Lipinski definition) is 7. The van der Waals surface area contributed by atoms with Gasteiger partial charge in [0, 0.05) is 36.3 Å². The van der Waals surface area contributed by atoms with Gasteiger partial charge < -0.3 is 14.4 Å². The standard InChI is InChI=1S/C19H17N5O4S/c1-23-3-4-28-16-5-11(9-20-19(16)23)13-6-12(27-2)7-15-14(13)10-21-24(15)18-8-17(25)22-29(18)26/h5-10H,3-4H2,1-2H3,(H,22,25). The van der Waals surface area contributed by atoms with Crippen LogP contribution in [0.2, 0.25) is 0 Å². The Morgan fingerprint density at radius 1 is 1.28 bits per heavy atom. The van der Waals surface area contributed by atoms with Crippen molar-refractivity contribution in [1.82, 2.24) is 19.5 Å². The minimum absolute atomic E-state index is 0.276. The smallest absolute Gasteiger partial charge is 0.258 e. The summed E-state index contributed by atoms with van der Waals surface area (Å²) in [6.45, 7) is 1.38. The van der Waals surface area contributed by atoms with Gasteiger partial charge in [-0.1, -0.05) is 0 Å². The number of aromatic nitrogens is 3. The lowest BCUT2D eigenvalue weighted by molar-refractivity contribution is -0.114. The summed E-state index contributed by atoms with van der Waals surface area (Å²) in [6, 6.07) is 5.64. The third-order valence-electron chi connectivity index (χ3n) is 4.93. The van der Waals surface area contributed by atoms with E-state index in [-0.39, 0.29) is 5.03 Å². The third-order valence-corrected chi connectivity index (χ3v) is 5.99. The molecule has 0 aliphatic carbocycles. The van der Waals surface area contributed by atoms with E-state index in [0.29, 0.717) is 23.6 Å². The van der Waals surface area contributed by atoms with Crippen LogP contribution in [0.3, 0.4) is 0 Å². The quantitative estimate of drug-likeness (QED) is 0.698. The predicted molar refractivity (Wildman–Crippen MR) is 109 cm³/mol. The maximum atomic E-state index is 12.2. The van der Waals surface area contributed by atoms with E-state index in [2.05, 4.69) is 14.8 Å². The van der Waals surface area contributed by atoms with Gasteiger partial charge in [-0.15, -0.1) is 0 Å². The fraction of sp³-hybridized carbons (Fsp3) is 0.211. The number of benzene rings is 1. The first kappa shape index (κ1) is 17.7. The topological polar surface area (TPSA) is 98.6 Å². The van der Waals surface area contributed by atoms with Crippen LogP contribution in [-0.2, 0) is 15.8 Å². The molecule has 2 aromatic heterocycles. The number of anilines is 1. The van der Waals surface area contributed by atoms with Crippen molar-refractivity contribution in [2.45, 2.75) is 0 Å².